The van der Waals surface area contributed by atoms with Crippen molar-refractivity contribution in [3.05, 3.63) is 24.2 Å². The van der Waals surface area contributed by atoms with Crippen molar-refractivity contribution in [2.24, 2.45) is 0 Å². The van der Waals surface area contributed by atoms with Gasteiger partial charge in [-0.2, -0.15) is 0 Å². The van der Waals surface area contributed by atoms with Crippen LogP contribution < -0.4 is 10.6 Å². The fraction of sp³-hybridized carbons (Fsp3) is 0.500. The Balaban J connectivity index is 1.74. The van der Waals surface area contributed by atoms with E-state index in [-0.39, 0.29) is 0 Å². The summed E-state index contributed by atoms with van der Waals surface area (Å²) in [7, 11) is 0. The van der Waals surface area contributed by atoms with E-state index in [1.54, 1.807) is 6.26 Å². The minimum atomic E-state index is 0.639. The molecule has 0 aliphatic carbocycles. The number of hydrogen-bond donors (Lipinski definition) is 2. The second-order valence-electron chi connectivity index (χ2n) is 2.82. The summed E-state index contributed by atoms with van der Waals surface area (Å²) in [5, 5.41) is 6.56. The van der Waals surface area contributed by atoms with Gasteiger partial charge in [0, 0.05) is 19.1 Å². The standard InChI is InChI=1S/C8H12N2O/c1-2-8(11-3-1)6-10-7-4-9-5-7/h1-3,7,9-10H,4-6H2. The van der Waals surface area contributed by atoms with Crippen LogP contribution >= 0.6 is 0 Å². The van der Waals surface area contributed by atoms with Crippen LogP contribution in [0.1, 0.15) is 5.76 Å². The van der Waals surface area contributed by atoms with Gasteiger partial charge in [-0.25, -0.2) is 0 Å². The van der Waals surface area contributed by atoms with Crippen molar-refractivity contribution < 1.29 is 4.42 Å². The van der Waals surface area contributed by atoms with Crippen LogP contribution in [-0.2, 0) is 6.54 Å². The van der Waals surface area contributed by atoms with E-state index in [9.17, 15) is 0 Å². The Morgan fingerprint density at radius 2 is 2.55 bits per heavy atom. The summed E-state index contributed by atoms with van der Waals surface area (Å²) in [4.78, 5) is 0. The largest absolute Gasteiger partial charge is 0.468 e. The summed E-state index contributed by atoms with van der Waals surface area (Å²) in [6, 6.07) is 4.54. The SMILES string of the molecule is c1coc(CNC2CNC2)c1. The molecule has 2 N–H and O–H groups in total. The van der Waals surface area contributed by atoms with Crippen LogP contribution in [0.4, 0.5) is 0 Å². The molecular formula is C8H12N2O. The summed E-state index contributed by atoms with van der Waals surface area (Å²) in [5.41, 5.74) is 0. The van der Waals surface area contributed by atoms with Crippen molar-refractivity contribution in [2.75, 3.05) is 13.1 Å². The minimum Gasteiger partial charge on any atom is -0.468 e. The van der Waals surface area contributed by atoms with E-state index in [1.165, 1.54) is 0 Å². The molecule has 60 valence electrons. The molecule has 0 unspecified atom stereocenters. The van der Waals surface area contributed by atoms with Gasteiger partial charge in [0.2, 0.25) is 0 Å². The van der Waals surface area contributed by atoms with Crippen molar-refractivity contribution in [3.8, 4) is 0 Å². The summed E-state index contributed by atoms with van der Waals surface area (Å²) in [5.74, 6) is 1.01. The van der Waals surface area contributed by atoms with Crippen LogP contribution in [0.3, 0.4) is 0 Å². The van der Waals surface area contributed by atoms with E-state index >= 15 is 0 Å². The number of furan rings is 1. The zero-order valence-corrected chi connectivity index (χ0v) is 6.34. The van der Waals surface area contributed by atoms with Gasteiger partial charge >= 0.3 is 0 Å². The molecule has 3 nitrogen and oxygen atoms in total. The van der Waals surface area contributed by atoms with Gasteiger partial charge in [-0.1, -0.05) is 0 Å². The van der Waals surface area contributed by atoms with Gasteiger partial charge < -0.3 is 15.1 Å². The molecule has 0 radical (unpaired) electrons. The summed E-state index contributed by atoms with van der Waals surface area (Å²) in [6.45, 7) is 3.01. The molecular weight excluding hydrogens is 140 g/mol. The molecule has 11 heavy (non-hydrogen) atoms. The zero-order valence-electron chi connectivity index (χ0n) is 6.34. The number of rotatable bonds is 3. The van der Waals surface area contributed by atoms with Gasteiger partial charge in [0.15, 0.2) is 0 Å². The first kappa shape index (κ1) is 6.88. The Morgan fingerprint density at radius 1 is 1.64 bits per heavy atom. The van der Waals surface area contributed by atoms with E-state index in [1.807, 2.05) is 12.1 Å². The van der Waals surface area contributed by atoms with Gasteiger partial charge in [-0.3, -0.25) is 0 Å². The van der Waals surface area contributed by atoms with Gasteiger partial charge in [0.05, 0.1) is 12.8 Å². The van der Waals surface area contributed by atoms with E-state index < -0.39 is 0 Å². The molecule has 1 fully saturated rings. The van der Waals surface area contributed by atoms with Crippen molar-refractivity contribution in [3.63, 3.8) is 0 Å². The Kier molecular flexibility index (Phi) is 1.92. The predicted octanol–water partition coefficient (Wildman–Crippen LogP) is 0.341. The molecule has 2 heterocycles. The molecule has 1 aliphatic heterocycles. The Bertz CT molecular complexity index is 204. The van der Waals surface area contributed by atoms with Crippen LogP contribution in [0, 0.1) is 0 Å². The molecule has 0 saturated carbocycles. The van der Waals surface area contributed by atoms with Gasteiger partial charge in [0.1, 0.15) is 5.76 Å². The highest BCUT2D eigenvalue weighted by Gasteiger charge is 2.15. The van der Waals surface area contributed by atoms with Crippen LogP contribution in [0.25, 0.3) is 0 Å². The first-order valence-electron chi connectivity index (χ1n) is 3.91. The molecule has 1 aliphatic rings. The predicted molar refractivity (Wildman–Crippen MR) is 42.2 cm³/mol. The minimum absolute atomic E-state index is 0.639. The normalized spacial score (nSPS) is 18.2. The lowest BCUT2D eigenvalue weighted by Gasteiger charge is -2.27. The molecule has 1 aromatic rings. The smallest absolute Gasteiger partial charge is 0.117 e. The van der Waals surface area contributed by atoms with Crippen molar-refractivity contribution in [2.45, 2.75) is 12.6 Å². The monoisotopic (exact) mass is 152 g/mol. The fourth-order valence-corrected chi connectivity index (χ4v) is 1.09. The third-order valence-corrected chi connectivity index (χ3v) is 1.93. The van der Waals surface area contributed by atoms with E-state index in [2.05, 4.69) is 10.6 Å². The summed E-state index contributed by atoms with van der Waals surface area (Å²) >= 11 is 0. The topological polar surface area (TPSA) is 37.2 Å². The maximum Gasteiger partial charge on any atom is 0.117 e. The highest BCUT2D eigenvalue weighted by Crippen LogP contribution is 2.00. The molecule has 0 spiro atoms. The average molecular weight is 152 g/mol. The highest BCUT2D eigenvalue weighted by molar-refractivity contribution is 4.98. The highest BCUT2D eigenvalue weighted by atomic mass is 16.3. The van der Waals surface area contributed by atoms with E-state index in [0.29, 0.717) is 6.04 Å². The van der Waals surface area contributed by atoms with E-state index in [0.717, 1.165) is 25.4 Å². The lowest BCUT2D eigenvalue weighted by molar-refractivity contribution is 0.349. The van der Waals surface area contributed by atoms with Crippen LogP contribution in [-0.4, -0.2) is 19.1 Å². The van der Waals surface area contributed by atoms with Gasteiger partial charge in [-0.05, 0) is 12.1 Å². The van der Waals surface area contributed by atoms with Crippen LogP contribution in [0.2, 0.25) is 0 Å². The Morgan fingerprint density at radius 3 is 3.09 bits per heavy atom. The lowest BCUT2D eigenvalue weighted by atomic mass is 10.2. The molecule has 0 bridgehead atoms. The molecule has 1 saturated heterocycles. The second kappa shape index (κ2) is 3.07. The molecule has 3 heteroatoms. The Hall–Kier alpha value is -0.800. The van der Waals surface area contributed by atoms with Gasteiger partial charge in [-0.15, -0.1) is 0 Å². The van der Waals surface area contributed by atoms with Crippen LogP contribution in [0.15, 0.2) is 22.8 Å². The lowest BCUT2D eigenvalue weighted by Crippen LogP contribution is -2.54. The van der Waals surface area contributed by atoms with Crippen molar-refractivity contribution in [1.29, 1.82) is 0 Å². The van der Waals surface area contributed by atoms with Crippen molar-refractivity contribution in [1.82, 2.24) is 10.6 Å². The molecule has 2 rings (SSSR count). The summed E-state index contributed by atoms with van der Waals surface area (Å²) < 4.78 is 5.17. The first-order valence-corrected chi connectivity index (χ1v) is 3.91. The third-order valence-electron chi connectivity index (χ3n) is 1.93. The maximum absolute atomic E-state index is 5.17. The number of nitrogens with one attached hydrogen (secondary N) is 2. The summed E-state index contributed by atoms with van der Waals surface area (Å²) in [6.07, 6.45) is 1.70. The van der Waals surface area contributed by atoms with Crippen molar-refractivity contribution >= 4 is 0 Å². The molecule has 0 atom stereocenters. The molecule has 0 aromatic carbocycles. The quantitative estimate of drug-likeness (QED) is 0.656. The second-order valence-corrected chi connectivity index (χ2v) is 2.82. The third kappa shape index (κ3) is 1.61. The molecule has 0 amide bonds. The zero-order chi connectivity index (χ0) is 7.52. The first-order chi connectivity index (χ1) is 5.45. The fourth-order valence-electron chi connectivity index (χ4n) is 1.09. The molecule has 1 aromatic heterocycles. The maximum atomic E-state index is 5.17. The average Bonchev–Trinajstić information content (AvgIpc) is 2.36. The van der Waals surface area contributed by atoms with Gasteiger partial charge in [0.25, 0.3) is 0 Å². The van der Waals surface area contributed by atoms with Crippen LogP contribution in [0.5, 0.6) is 0 Å². The van der Waals surface area contributed by atoms with E-state index in [4.69, 9.17) is 4.42 Å². The number of hydrogen-bond acceptors (Lipinski definition) is 3. The Labute approximate surface area is 65.8 Å².